The van der Waals surface area contributed by atoms with Crippen LogP contribution in [0.3, 0.4) is 0 Å². The van der Waals surface area contributed by atoms with E-state index < -0.39 is 0 Å². The Kier molecular flexibility index (Phi) is 6.87. The largest absolute Gasteiger partial charge is 0.380 e. The third-order valence-electron chi connectivity index (χ3n) is 2.60. The number of ether oxygens (including phenoxy) is 1. The molecule has 0 bridgehead atoms. The molecule has 100 valence electrons. The fourth-order valence-electron chi connectivity index (χ4n) is 1.54. The van der Waals surface area contributed by atoms with E-state index in [0.717, 1.165) is 30.5 Å². The van der Waals surface area contributed by atoms with Crippen LogP contribution in [0.25, 0.3) is 0 Å². The summed E-state index contributed by atoms with van der Waals surface area (Å²) in [6.45, 7) is 3.99. The summed E-state index contributed by atoms with van der Waals surface area (Å²) < 4.78 is 5.04. The first-order valence-corrected chi connectivity index (χ1v) is 6.34. The highest BCUT2D eigenvalue weighted by atomic mass is 16.5. The molecule has 1 rings (SSSR count). The topological polar surface area (TPSA) is 50.4 Å². The van der Waals surface area contributed by atoms with Gasteiger partial charge in [-0.1, -0.05) is 37.6 Å². The van der Waals surface area contributed by atoms with E-state index in [1.54, 1.807) is 7.11 Å². The first-order chi connectivity index (χ1) is 8.76. The second-order valence-electron chi connectivity index (χ2n) is 4.21. The Morgan fingerprint density at radius 2 is 1.83 bits per heavy atom. The molecule has 0 aromatic heterocycles. The van der Waals surface area contributed by atoms with Crippen LogP contribution in [-0.4, -0.2) is 19.7 Å². The van der Waals surface area contributed by atoms with E-state index in [1.807, 2.05) is 24.3 Å². The van der Waals surface area contributed by atoms with Crippen molar-refractivity contribution < 1.29 is 9.53 Å². The van der Waals surface area contributed by atoms with Crippen molar-refractivity contribution in [2.24, 2.45) is 0 Å². The molecule has 4 nitrogen and oxygen atoms in total. The minimum absolute atomic E-state index is 0.107. The van der Waals surface area contributed by atoms with Crippen LogP contribution in [-0.2, 0) is 17.9 Å². The Hall–Kier alpha value is -1.55. The average Bonchev–Trinajstić information content (AvgIpc) is 2.39. The van der Waals surface area contributed by atoms with Crippen molar-refractivity contribution in [1.29, 1.82) is 0 Å². The smallest absolute Gasteiger partial charge is 0.315 e. The number of hydrogen-bond donors (Lipinski definition) is 2. The molecule has 18 heavy (non-hydrogen) atoms. The number of carbonyl (C=O) groups excluding carboxylic acids is 1. The van der Waals surface area contributed by atoms with Gasteiger partial charge in [-0.3, -0.25) is 0 Å². The second-order valence-corrected chi connectivity index (χ2v) is 4.21. The summed E-state index contributed by atoms with van der Waals surface area (Å²) >= 11 is 0. The first-order valence-electron chi connectivity index (χ1n) is 6.34. The molecule has 4 heteroatoms. The molecule has 0 atom stereocenters. The van der Waals surface area contributed by atoms with Gasteiger partial charge in [-0.2, -0.15) is 0 Å². The number of rotatable bonds is 7. The number of amides is 2. The Morgan fingerprint density at radius 3 is 2.44 bits per heavy atom. The Labute approximate surface area is 109 Å². The third kappa shape index (κ3) is 5.68. The highest BCUT2D eigenvalue weighted by Gasteiger charge is 1.99. The average molecular weight is 250 g/mol. The molecule has 0 radical (unpaired) electrons. The van der Waals surface area contributed by atoms with Crippen molar-refractivity contribution in [1.82, 2.24) is 10.6 Å². The lowest BCUT2D eigenvalue weighted by molar-refractivity contribution is 0.185. The first kappa shape index (κ1) is 14.5. The van der Waals surface area contributed by atoms with Crippen molar-refractivity contribution in [3.8, 4) is 0 Å². The van der Waals surface area contributed by atoms with Crippen molar-refractivity contribution >= 4 is 6.03 Å². The number of carbonyl (C=O) groups is 1. The third-order valence-corrected chi connectivity index (χ3v) is 2.60. The lowest BCUT2D eigenvalue weighted by atomic mass is 10.1. The molecule has 1 aromatic carbocycles. The molecule has 0 heterocycles. The summed E-state index contributed by atoms with van der Waals surface area (Å²) in [6.07, 6.45) is 2.10. The lowest BCUT2D eigenvalue weighted by Crippen LogP contribution is -2.35. The zero-order valence-electron chi connectivity index (χ0n) is 11.2. The molecule has 1 aromatic rings. The van der Waals surface area contributed by atoms with Gasteiger partial charge < -0.3 is 15.4 Å². The van der Waals surface area contributed by atoms with Gasteiger partial charge >= 0.3 is 6.03 Å². The fraction of sp³-hybridized carbons (Fsp3) is 0.500. The van der Waals surface area contributed by atoms with E-state index in [4.69, 9.17) is 4.74 Å². The highest BCUT2D eigenvalue weighted by molar-refractivity contribution is 5.73. The number of unbranched alkanes of at least 4 members (excludes halogenated alkanes) is 1. The summed E-state index contributed by atoms with van der Waals surface area (Å²) in [5, 5.41) is 5.64. The van der Waals surface area contributed by atoms with Gasteiger partial charge in [0.05, 0.1) is 6.61 Å². The van der Waals surface area contributed by atoms with Crippen LogP contribution in [0.15, 0.2) is 24.3 Å². The lowest BCUT2D eigenvalue weighted by Gasteiger charge is -2.07. The zero-order valence-corrected chi connectivity index (χ0v) is 11.2. The second kappa shape index (κ2) is 8.53. The van der Waals surface area contributed by atoms with Gasteiger partial charge in [-0.05, 0) is 17.5 Å². The predicted octanol–water partition coefficient (Wildman–Crippen LogP) is 2.43. The van der Waals surface area contributed by atoms with Gasteiger partial charge in [0.1, 0.15) is 0 Å². The van der Waals surface area contributed by atoms with Gasteiger partial charge in [0.25, 0.3) is 0 Å². The van der Waals surface area contributed by atoms with E-state index in [2.05, 4.69) is 17.6 Å². The van der Waals surface area contributed by atoms with E-state index >= 15 is 0 Å². The molecular weight excluding hydrogens is 228 g/mol. The number of nitrogens with one attached hydrogen (secondary N) is 2. The van der Waals surface area contributed by atoms with E-state index in [1.165, 1.54) is 0 Å². The van der Waals surface area contributed by atoms with Crippen LogP contribution in [0.1, 0.15) is 30.9 Å². The van der Waals surface area contributed by atoms with E-state index in [9.17, 15) is 4.79 Å². The van der Waals surface area contributed by atoms with Crippen LogP contribution in [0.2, 0.25) is 0 Å². The minimum atomic E-state index is -0.107. The normalized spacial score (nSPS) is 10.1. The van der Waals surface area contributed by atoms with Crippen LogP contribution < -0.4 is 10.6 Å². The van der Waals surface area contributed by atoms with Crippen molar-refractivity contribution in [2.45, 2.75) is 32.9 Å². The predicted molar refractivity (Wildman–Crippen MR) is 72.3 cm³/mol. The maximum absolute atomic E-state index is 11.4. The minimum Gasteiger partial charge on any atom is -0.380 e. The monoisotopic (exact) mass is 250 g/mol. The summed E-state index contributed by atoms with van der Waals surface area (Å²) in [5.74, 6) is 0. The van der Waals surface area contributed by atoms with Gasteiger partial charge in [0.15, 0.2) is 0 Å². The standard InChI is InChI=1S/C14H22N2O2/c1-3-4-9-15-14(17)16-10-12-5-7-13(8-6-12)11-18-2/h5-8H,3-4,9-11H2,1-2H3,(H2,15,16,17). The molecule has 0 aliphatic heterocycles. The van der Waals surface area contributed by atoms with Gasteiger partial charge in [0, 0.05) is 20.2 Å². The summed E-state index contributed by atoms with van der Waals surface area (Å²) in [4.78, 5) is 11.4. The Bertz CT molecular complexity index is 349. The molecule has 0 fully saturated rings. The molecule has 2 amide bonds. The molecule has 0 saturated carbocycles. The van der Waals surface area contributed by atoms with Crippen LogP contribution in [0.5, 0.6) is 0 Å². The van der Waals surface area contributed by atoms with Crippen molar-refractivity contribution in [3.05, 3.63) is 35.4 Å². The molecule has 0 aliphatic rings. The quantitative estimate of drug-likeness (QED) is 0.730. The van der Waals surface area contributed by atoms with E-state index in [-0.39, 0.29) is 6.03 Å². The summed E-state index contributed by atoms with van der Waals surface area (Å²) in [6, 6.07) is 7.91. The Morgan fingerprint density at radius 1 is 1.17 bits per heavy atom. The highest BCUT2D eigenvalue weighted by Crippen LogP contribution is 2.05. The number of methoxy groups -OCH3 is 1. The molecule has 0 saturated heterocycles. The van der Waals surface area contributed by atoms with Crippen LogP contribution in [0.4, 0.5) is 4.79 Å². The van der Waals surface area contributed by atoms with Crippen molar-refractivity contribution in [2.75, 3.05) is 13.7 Å². The fourth-order valence-corrected chi connectivity index (χ4v) is 1.54. The SMILES string of the molecule is CCCCNC(=O)NCc1ccc(COC)cc1. The zero-order chi connectivity index (χ0) is 13.2. The number of urea groups is 1. The van der Waals surface area contributed by atoms with Gasteiger partial charge in [0.2, 0.25) is 0 Å². The van der Waals surface area contributed by atoms with Gasteiger partial charge in [-0.15, -0.1) is 0 Å². The summed E-state index contributed by atoms with van der Waals surface area (Å²) in [7, 11) is 1.68. The van der Waals surface area contributed by atoms with Gasteiger partial charge in [-0.25, -0.2) is 4.79 Å². The maximum Gasteiger partial charge on any atom is 0.315 e. The molecular formula is C14H22N2O2. The molecule has 0 spiro atoms. The van der Waals surface area contributed by atoms with Crippen LogP contribution >= 0.6 is 0 Å². The maximum atomic E-state index is 11.4. The van der Waals surface area contributed by atoms with Crippen LogP contribution in [0, 0.1) is 0 Å². The number of hydrogen-bond acceptors (Lipinski definition) is 2. The number of benzene rings is 1. The van der Waals surface area contributed by atoms with E-state index in [0.29, 0.717) is 13.2 Å². The molecule has 0 aliphatic carbocycles. The Balaban J connectivity index is 2.27. The van der Waals surface area contributed by atoms with Crippen molar-refractivity contribution in [3.63, 3.8) is 0 Å². The molecule has 0 unspecified atom stereocenters. The summed E-state index contributed by atoms with van der Waals surface area (Å²) in [5.41, 5.74) is 2.22. The molecule has 2 N–H and O–H groups in total.